The van der Waals surface area contributed by atoms with Gasteiger partial charge in [0.1, 0.15) is 12.1 Å². The number of likely N-dealkylation sites (tertiary alicyclic amines) is 1. The van der Waals surface area contributed by atoms with Crippen molar-refractivity contribution in [2.45, 2.75) is 69.1 Å². The first-order valence-electron chi connectivity index (χ1n) is 15.4. The van der Waals surface area contributed by atoms with Crippen LogP contribution in [0.1, 0.15) is 43.2 Å². The number of nitrogens with zero attached hydrogens (tertiary/aromatic N) is 1. The quantitative estimate of drug-likeness (QED) is 0.254. The van der Waals surface area contributed by atoms with E-state index in [-0.39, 0.29) is 30.7 Å². The van der Waals surface area contributed by atoms with Crippen molar-refractivity contribution in [1.82, 2.24) is 20.9 Å². The second-order valence-corrected chi connectivity index (χ2v) is 11.7. The van der Waals surface area contributed by atoms with Gasteiger partial charge in [0.05, 0.1) is 6.04 Å². The SMILES string of the molecule is O=C(C[C@H](Cc1ccccc1)NC(=O)[C@@H]1CCCN1C(=O)[C@@H]1CCCN1)N[C@@H](Cc1ccc(-c2ccccc2)cc1)C(=O)O. The van der Waals surface area contributed by atoms with Gasteiger partial charge in [-0.25, -0.2) is 4.79 Å². The van der Waals surface area contributed by atoms with Gasteiger partial charge in [-0.1, -0.05) is 84.9 Å². The molecule has 0 saturated carbocycles. The van der Waals surface area contributed by atoms with E-state index in [0.29, 0.717) is 19.4 Å². The van der Waals surface area contributed by atoms with Crippen LogP contribution in [0.2, 0.25) is 0 Å². The second-order valence-electron chi connectivity index (χ2n) is 11.7. The summed E-state index contributed by atoms with van der Waals surface area (Å²) < 4.78 is 0. The van der Waals surface area contributed by atoms with Crippen molar-refractivity contribution >= 4 is 23.7 Å². The minimum atomic E-state index is -1.13. The Morgan fingerprint density at radius 2 is 1.45 bits per heavy atom. The molecular weight excluding hydrogens is 556 g/mol. The van der Waals surface area contributed by atoms with Crippen molar-refractivity contribution in [2.75, 3.05) is 13.1 Å². The van der Waals surface area contributed by atoms with Gasteiger partial charge < -0.3 is 26.0 Å². The van der Waals surface area contributed by atoms with E-state index in [9.17, 15) is 24.3 Å². The number of hydrogen-bond donors (Lipinski definition) is 4. The highest BCUT2D eigenvalue weighted by Crippen LogP contribution is 2.22. The molecule has 230 valence electrons. The summed E-state index contributed by atoms with van der Waals surface area (Å²) in [5, 5.41) is 18.8. The molecule has 3 aromatic rings. The van der Waals surface area contributed by atoms with Gasteiger partial charge in [-0.2, -0.15) is 0 Å². The average molecular weight is 597 g/mol. The van der Waals surface area contributed by atoms with Crippen LogP contribution in [0.4, 0.5) is 0 Å². The lowest BCUT2D eigenvalue weighted by Gasteiger charge is -2.28. The van der Waals surface area contributed by atoms with Crippen LogP contribution in [0.5, 0.6) is 0 Å². The largest absolute Gasteiger partial charge is 0.480 e. The zero-order chi connectivity index (χ0) is 30.9. The third-order valence-electron chi connectivity index (χ3n) is 8.43. The van der Waals surface area contributed by atoms with Crippen molar-refractivity contribution < 1.29 is 24.3 Å². The molecule has 0 unspecified atom stereocenters. The molecule has 2 fully saturated rings. The van der Waals surface area contributed by atoms with Crippen LogP contribution in [0.15, 0.2) is 84.9 Å². The van der Waals surface area contributed by atoms with Crippen LogP contribution in [0, 0.1) is 0 Å². The van der Waals surface area contributed by atoms with Gasteiger partial charge in [0.25, 0.3) is 0 Å². The Bertz CT molecular complexity index is 1420. The molecule has 0 aromatic heterocycles. The minimum Gasteiger partial charge on any atom is -0.480 e. The average Bonchev–Trinajstić information content (AvgIpc) is 3.75. The van der Waals surface area contributed by atoms with Crippen LogP contribution in [-0.2, 0) is 32.0 Å². The van der Waals surface area contributed by atoms with Crippen molar-refractivity contribution in [3.8, 4) is 11.1 Å². The van der Waals surface area contributed by atoms with Gasteiger partial charge >= 0.3 is 5.97 Å². The van der Waals surface area contributed by atoms with E-state index in [2.05, 4.69) is 16.0 Å². The topological polar surface area (TPSA) is 128 Å². The zero-order valence-corrected chi connectivity index (χ0v) is 24.8. The summed E-state index contributed by atoms with van der Waals surface area (Å²) in [6.07, 6.45) is 3.44. The molecule has 2 aliphatic heterocycles. The summed E-state index contributed by atoms with van der Waals surface area (Å²) in [6.45, 7) is 1.33. The second kappa shape index (κ2) is 14.8. The molecule has 44 heavy (non-hydrogen) atoms. The Labute approximate surface area is 258 Å². The van der Waals surface area contributed by atoms with Gasteiger partial charge in [0.2, 0.25) is 17.7 Å². The van der Waals surface area contributed by atoms with E-state index < -0.39 is 30.0 Å². The highest BCUT2D eigenvalue weighted by atomic mass is 16.4. The molecule has 4 atom stereocenters. The van der Waals surface area contributed by atoms with Gasteiger partial charge in [-0.15, -0.1) is 0 Å². The Hall–Kier alpha value is -4.50. The molecule has 2 saturated heterocycles. The molecule has 3 amide bonds. The first-order valence-corrected chi connectivity index (χ1v) is 15.4. The first-order chi connectivity index (χ1) is 21.4. The third kappa shape index (κ3) is 8.11. The van der Waals surface area contributed by atoms with Crippen molar-refractivity contribution in [1.29, 1.82) is 0 Å². The van der Waals surface area contributed by atoms with Crippen LogP contribution < -0.4 is 16.0 Å². The fraction of sp³-hybridized carbons (Fsp3) is 0.371. The zero-order valence-electron chi connectivity index (χ0n) is 24.8. The molecule has 3 aromatic carbocycles. The number of carboxylic acid groups (broad SMARTS) is 1. The molecule has 9 heteroatoms. The summed E-state index contributed by atoms with van der Waals surface area (Å²) in [5.74, 6) is -1.92. The number of aliphatic carboxylic acids is 1. The summed E-state index contributed by atoms with van der Waals surface area (Å²) >= 11 is 0. The summed E-state index contributed by atoms with van der Waals surface area (Å²) in [4.78, 5) is 53.7. The van der Waals surface area contributed by atoms with E-state index in [1.165, 1.54) is 0 Å². The Morgan fingerprint density at radius 3 is 2.11 bits per heavy atom. The lowest BCUT2D eigenvalue weighted by molar-refractivity contribution is -0.142. The van der Waals surface area contributed by atoms with Gasteiger partial charge in [0.15, 0.2) is 0 Å². The number of hydrogen-bond acceptors (Lipinski definition) is 5. The van der Waals surface area contributed by atoms with E-state index in [4.69, 9.17) is 0 Å². The maximum atomic E-state index is 13.5. The van der Waals surface area contributed by atoms with Crippen LogP contribution in [0.25, 0.3) is 11.1 Å². The Balaban J connectivity index is 1.23. The lowest BCUT2D eigenvalue weighted by Crippen LogP contribution is -2.53. The van der Waals surface area contributed by atoms with Crippen molar-refractivity contribution in [3.05, 3.63) is 96.1 Å². The monoisotopic (exact) mass is 596 g/mol. The fourth-order valence-electron chi connectivity index (χ4n) is 6.15. The lowest BCUT2D eigenvalue weighted by atomic mass is 9.99. The maximum absolute atomic E-state index is 13.5. The maximum Gasteiger partial charge on any atom is 0.326 e. The molecule has 0 radical (unpaired) electrons. The number of carboxylic acids is 1. The van der Waals surface area contributed by atoms with Gasteiger partial charge in [-0.05, 0) is 60.9 Å². The molecular formula is C35H40N4O5. The highest BCUT2D eigenvalue weighted by Gasteiger charge is 2.38. The summed E-state index contributed by atoms with van der Waals surface area (Å²) in [6, 6.07) is 24.5. The number of carbonyl (C=O) groups excluding carboxylic acids is 3. The molecule has 9 nitrogen and oxygen atoms in total. The summed E-state index contributed by atoms with van der Waals surface area (Å²) in [7, 11) is 0. The molecule has 2 aliphatic rings. The first kappa shape index (κ1) is 30.9. The number of benzene rings is 3. The number of rotatable bonds is 12. The molecule has 0 spiro atoms. The molecule has 2 heterocycles. The Kier molecular flexibility index (Phi) is 10.4. The smallest absolute Gasteiger partial charge is 0.326 e. The third-order valence-corrected chi connectivity index (χ3v) is 8.43. The van der Waals surface area contributed by atoms with E-state index in [1.54, 1.807) is 4.90 Å². The van der Waals surface area contributed by atoms with Crippen LogP contribution >= 0.6 is 0 Å². The normalized spacial score (nSPS) is 19.2. The van der Waals surface area contributed by atoms with E-state index in [1.807, 2.05) is 84.9 Å². The van der Waals surface area contributed by atoms with Gasteiger partial charge in [-0.3, -0.25) is 14.4 Å². The minimum absolute atomic E-state index is 0.0430. The number of amides is 3. The molecule has 0 aliphatic carbocycles. The van der Waals surface area contributed by atoms with Crippen molar-refractivity contribution in [3.63, 3.8) is 0 Å². The van der Waals surface area contributed by atoms with Crippen LogP contribution in [0.3, 0.4) is 0 Å². The van der Waals surface area contributed by atoms with Gasteiger partial charge in [0, 0.05) is 25.4 Å². The molecule has 5 rings (SSSR count). The van der Waals surface area contributed by atoms with Crippen LogP contribution in [-0.4, -0.2) is 71.0 Å². The standard InChI is InChI=1S/C35H40N4O5/c40-32(38-30(35(43)44)22-25-15-17-27(18-16-25)26-11-5-2-6-12-26)23-28(21-24-9-3-1-4-10-24)37-33(41)31-14-8-20-39(31)34(42)29-13-7-19-36-29/h1-6,9-12,15-18,28-31,36H,7-8,13-14,19-23H2,(H,37,41)(H,38,40)(H,43,44)/t28-,29-,30-,31-/m0/s1. The van der Waals surface area contributed by atoms with Crippen molar-refractivity contribution in [2.24, 2.45) is 0 Å². The Morgan fingerprint density at radius 1 is 0.795 bits per heavy atom. The predicted octanol–water partition coefficient (Wildman–Crippen LogP) is 3.33. The fourth-order valence-corrected chi connectivity index (χ4v) is 6.15. The van der Waals surface area contributed by atoms with E-state index in [0.717, 1.165) is 48.1 Å². The molecule has 0 bridgehead atoms. The highest BCUT2D eigenvalue weighted by molar-refractivity contribution is 5.91. The van der Waals surface area contributed by atoms with E-state index >= 15 is 0 Å². The number of carbonyl (C=O) groups is 4. The summed E-state index contributed by atoms with van der Waals surface area (Å²) in [5.41, 5.74) is 3.81. The predicted molar refractivity (Wildman–Crippen MR) is 168 cm³/mol. The molecule has 4 N–H and O–H groups in total. The number of nitrogens with one attached hydrogen (secondary N) is 3.